The Bertz CT molecular complexity index is 1060. The minimum atomic E-state index is -0.405. The molecule has 1 heterocycles. The molecule has 1 aromatic heterocycles. The Hall–Kier alpha value is -2.36. The summed E-state index contributed by atoms with van der Waals surface area (Å²) in [6, 6.07) is 11.7. The van der Waals surface area contributed by atoms with E-state index in [1.807, 2.05) is 42.6 Å². The summed E-state index contributed by atoms with van der Waals surface area (Å²) in [4.78, 5) is 15.7. The molecule has 1 amide bonds. The van der Waals surface area contributed by atoms with Gasteiger partial charge in [0.25, 0.3) is 5.91 Å². The van der Waals surface area contributed by atoms with Gasteiger partial charge in [0.2, 0.25) is 0 Å². The maximum Gasteiger partial charge on any atom is 0.269 e. The van der Waals surface area contributed by atoms with Crippen LogP contribution in [0.5, 0.6) is 5.75 Å². The number of benzene rings is 2. The quantitative estimate of drug-likeness (QED) is 0.131. The first-order valence-electron chi connectivity index (χ1n) is 9.88. The van der Waals surface area contributed by atoms with Crippen molar-refractivity contribution in [2.45, 2.75) is 19.3 Å². The molecule has 0 aliphatic carbocycles. The molecule has 0 radical (unpaired) electrons. The van der Waals surface area contributed by atoms with E-state index in [-0.39, 0.29) is 12.1 Å². The Morgan fingerprint density at radius 2 is 1.97 bits per heavy atom. The number of aromatic amines is 1. The van der Waals surface area contributed by atoms with Gasteiger partial charge in [-0.1, -0.05) is 23.4 Å². The Balaban J connectivity index is 1.58. The normalized spacial score (nSPS) is 11.6. The summed E-state index contributed by atoms with van der Waals surface area (Å²) in [5, 5.41) is 16.6. The summed E-state index contributed by atoms with van der Waals surface area (Å²) in [5.74, 6) is 0.265. The molecule has 3 aromatic rings. The van der Waals surface area contributed by atoms with Gasteiger partial charge in [-0.05, 0) is 80.6 Å². The molecule has 7 nitrogen and oxygen atoms in total. The fourth-order valence-corrected chi connectivity index (χ4v) is 4.73. The van der Waals surface area contributed by atoms with Crippen molar-refractivity contribution in [2.24, 2.45) is 10.9 Å². The van der Waals surface area contributed by atoms with Crippen LogP contribution in [0, 0.1) is 0 Å². The SMILES string of the molecule is NCCCOc1c(Br)cc(C/C(=N\O)C(=O)NCCc2c[nH]c3ccccc23)cc1Br. The van der Waals surface area contributed by atoms with E-state index < -0.39 is 5.91 Å². The van der Waals surface area contributed by atoms with Crippen molar-refractivity contribution in [3.63, 3.8) is 0 Å². The van der Waals surface area contributed by atoms with Gasteiger partial charge in [0.05, 0.1) is 15.6 Å². The van der Waals surface area contributed by atoms with E-state index in [1.165, 1.54) is 0 Å². The summed E-state index contributed by atoms with van der Waals surface area (Å²) in [6.07, 6.45) is 3.54. The van der Waals surface area contributed by atoms with Crippen molar-refractivity contribution >= 4 is 54.4 Å². The van der Waals surface area contributed by atoms with Crippen LogP contribution in [0.15, 0.2) is 56.7 Å². The number of aromatic nitrogens is 1. The van der Waals surface area contributed by atoms with E-state index in [4.69, 9.17) is 10.5 Å². The fraction of sp³-hybridized carbons (Fsp3) is 0.273. The van der Waals surface area contributed by atoms with Crippen LogP contribution in [-0.2, 0) is 17.6 Å². The second kappa shape index (κ2) is 11.3. The van der Waals surface area contributed by atoms with Crippen LogP contribution in [0.1, 0.15) is 17.5 Å². The first-order valence-corrected chi connectivity index (χ1v) is 11.5. The Morgan fingerprint density at radius 1 is 1.23 bits per heavy atom. The number of amides is 1. The highest BCUT2D eigenvalue weighted by Gasteiger charge is 2.16. The second-order valence-electron chi connectivity index (χ2n) is 6.97. The predicted molar refractivity (Wildman–Crippen MR) is 129 cm³/mol. The molecule has 0 spiro atoms. The van der Waals surface area contributed by atoms with Crippen LogP contribution in [-0.4, -0.2) is 41.5 Å². The van der Waals surface area contributed by atoms with E-state index in [9.17, 15) is 10.0 Å². The summed E-state index contributed by atoms with van der Waals surface area (Å²) in [7, 11) is 0. The van der Waals surface area contributed by atoms with Crippen molar-refractivity contribution in [1.82, 2.24) is 10.3 Å². The van der Waals surface area contributed by atoms with E-state index in [0.717, 1.165) is 37.4 Å². The van der Waals surface area contributed by atoms with E-state index in [1.54, 1.807) is 0 Å². The number of hydrogen-bond donors (Lipinski definition) is 4. The average Bonchev–Trinajstić information content (AvgIpc) is 3.17. The maximum atomic E-state index is 12.5. The smallest absolute Gasteiger partial charge is 0.269 e. The van der Waals surface area contributed by atoms with Gasteiger partial charge in [-0.3, -0.25) is 4.79 Å². The highest BCUT2D eigenvalue weighted by Crippen LogP contribution is 2.35. The van der Waals surface area contributed by atoms with Crippen LogP contribution in [0.3, 0.4) is 0 Å². The molecule has 0 aliphatic rings. The number of para-hydroxylation sites is 1. The molecular weight excluding hydrogens is 528 g/mol. The molecule has 0 saturated carbocycles. The first-order chi connectivity index (χ1) is 15.0. The lowest BCUT2D eigenvalue weighted by Crippen LogP contribution is -2.33. The van der Waals surface area contributed by atoms with Gasteiger partial charge in [-0.25, -0.2) is 0 Å². The number of rotatable bonds is 10. The summed E-state index contributed by atoms with van der Waals surface area (Å²) in [5.41, 5.74) is 8.52. The Kier molecular flexibility index (Phi) is 8.51. The lowest BCUT2D eigenvalue weighted by atomic mass is 10.1. The van der Waals surface area contributed by atoms with Gasteiger partial charge in [0, 0.05) is 30.1 Å². The van der Waals surface area contributed by atoms with Crippen molar-refractivity contribution in [3.05, 3.63) is 62.7 Å². The molecule has 0 unspecified atom stereocenters. The summed E-state index contributed by atoms with van der Waals surface area (Å²) in [6.45, 7) is 1.50. The predicted octanol–water partition coefficient (Wildman–Crippen LogP) is 4.15. The summed E-state index contributed by atoms with van der Waals surface area (Å²) < 4.78 is 7.21. The molecule has 0 aliphatic heterocycles. The number of nitrogens with zero attached hydrogens (tertiary/aromatic N) is 1. The van der Waals surface area contributed by atoms with Crippen molar-refractivity contribution in [2.75, 3.05) is 19.7 Å². The van der Waals surface area contributed by atoms with Crippen LogP contribution in [0.25, 0.3) is 10.9 Å². The van der Waals surface area contributed by atoms with Gasteiger partial charge >= 0.3 is 0 Å². The molecule has 0 saturated heterocycles. The lowest BCUT2D eigenvalue weighted by Gasteiger charge is -2.12. The number of ether oxygens (including phenoxy) is 1. The zero-order chi connectivity index (χ0) is 22.2. The standard InChI is InChI=1S/C22H24Br2N4O3/c23-17-10-14(11-18(24)21(17)31-9-3-7-25)12-20(28-30)22(29)26-8-6-15-13-27-19-5-2-1-4-16(15)19/h1-2,4-5,10-11,13,27,30H,3,6-9,12,25H2,(H,26,29)/b28-20+. The highest BCUT2D eigenvalue weighted by atomic mass is 79.9. The number of halogens is 2. The van der Waals surface area contributed by atoms with E-state index >= 15 is 0 Å². The maximum absolute atomic E-state index is 12.5. The number of hydrogen-bond acceptors (Lipinski definition) is 5. The zero-order valence-corrected chi connectivity index (χ0v) is 20.0. The molecular formula is C22H24Br2N4O3. The molecule has 0 fully saturated rings. The van der Waals surface area contributed by atoms with Crippen LogP contribution in [0.2, 0.25) is 0 Å². The van der Waals surface area contributed by atoms with Crippen molar-refractivity contribution < 1.29 is 14.7 Å². The lowest BCUT2D eigenvalue weighted by molar-refractivity contribution is -0.115. The number of carbonyl (C=O) groups is 1. The topological polar surface area (TPSA) is 113 Å². The van der Waals surface area contributed by atoms with Crippen molar-refractivity contribution in [3.8, 4) is 5.75 Å². The molecule has 0 atom stereocenters. The Morgan fingerprint density at radius 3 is 2.68 bits per heavy atom. The van der Waals surface area contributed by atoms with Gasteiger partial charge in [-0.2, -0.15) is 0 Å². The van der Waals surface area contributed by atoms with Gasteiger partial charge in [0.15, 0.2) is 0 Å². The van der Waals surface area contributed by atoms with Gasteiger partial charge < -0.3 is 26.0 Å². The molecule has 3 rings (SSSR count). The van der Waals surface area contributed by atoms with Crippen LogP contribution in [0.4, 0.5) is 0 Å². The first kappa shape index (κ1) is 23.3. The number of fused-ring (bicyclic) bond motifs is 1. The minimum Gasteiger partial charge on any atom is -0.491 e. The second-order valence-corrected chi connectivity index (χ2v) is 8.68. The van der Waals surface area contributed by atoms with Gasteiger partial charge in [-0.15, -0.1) is 0 Å². The molecule has 164 valence electrons. The molecule has 9 heteroatoms. The highest BCUT2D eigenvalue weighted by molar-refractivity contribution is 9.11. The largest absolute Gasteiger partial charge is 0.491 e. The number of carbonyl (C=O) groups excluding carboxylic acids is 1. The minimum absolute atomic E-state index is 0.0366. The summed E-state index contributed by atoms with van der Waals surface area (Å²) >= 11 is 6.98. The molecule has 31 heavy (non-hydrogen) atoms. The molecule has 5 N–H and O–H groups in total. The average molecular weight is 552 g/mol. The van der Waals surface area contributed by atoms with Gasteiger partial charge in [0.1, 0.15) is 11.5 Å². The zero-order valence-electron chi connectivity index (χ0n) is 16.8. The number of oxime groups is 1. The van der Waals surface area contributed by atoms with E-state index in [2.05, 4.69) is 47.3 Å². The van der Waals surface area contributed by atoms with Crippen LogP contribution < -0.4 is 15.8 Å². The number of nitrogens with two attached hydrogens (primary N) is 1. The fourth-order valence-electron chi connectivity index (χ4n) is 3.22. The Labute approximate surface area is 197 Å². The number of H-pyrrole nitrogens is 1. The van der Waals surface area contributed by atoms with E-state index in [0.29, 0.717) is 31.9 Å². The molecule has 0 bridgehead atoms. The third-order valence-electron chi connectivity index (χ3n) is 4.76. The molecule has 2 aromatic carbocycles. The van der Waals surface area contributed by atoms with Crippen molar-refractivity contribution in [1.29, 1.82) is 0 Å². The number of nitrogens with one attached hydrogen (secondary N) is 2. The monoisotopic (exact) mass is 550 g/mol. The van der Waals surface area contributed by atoms with Crippen LogP contribution >= 0.6 is 31.9 Å². The third-order valence-corrected chi connectivity index (χ3v) is 5.94. The third kappa shape index (κ3) is 6.09.